The van der Waals surface area contributed by atoms with Gasteiger partial charge >= 0.3 is 23.5 Å². The van der Waals surface area contributed by atoms with Crippen LogP contribution in [0.4, 0.5) is 0 Å². The molecule has 0 aliphatic carbocycles. The van der Waals surface area contributed by atoms with Crippen LogP contribution in [0.5, 0.6) is 0 Å². The molecule has 0 aromatic carbocycles. The summed E-state index contributed by atoms with van der Waals surface area (Å²) < 4.78 is 48.8. The third-order valence-corrected chi connectivity index (χ3v) is 6.11. The first-order chi connectivity index (χ1) is 9.64. The summed E-state index contributed by atoms with van der Waals surface area (Å²) in [6.45, 7) is 0.369. The molecule has 1 heterocycles. The van der Waals surface area contributed by atoms with Crippen LogP contribution in [0, 0.1) is 0 Å². The first-order valence-electron chi connectivity index (χ1n) is 5.51. The van der Waals surface area contributed by atoms with Gasteiger partial charge in [-0.3, -0.25) is 4.52 Å². The van der Waals surface area contributed by atoms with Crippen LogP contribution in [0.2, 0.25) is 0 Å². The van der Waals surface area contributed by atoms with Gasteiger partial charge in [0.05, 0.1) is 6.10 Å². The Morgan fingerprint density at radius 1 is 1.14 bits per heavy atom. The van der Waals surface area contributed by atoms with Gasteiger partial charge in [-0.15, -0.1) is 0 Å². The van der Waals surface area contributed by atoms with Crippen LogP contribution in [0.15, 0.2) is 0 Å². The number of ether oxygens (including phenoxy) is 1. The molecule has 0 saturated carbocycles. The molecule has 0 aromatic rings. The molecule has 132 valence electrons. The molecule has 1 saturated heterocycles. The van der Waals surface area contributed by atoms with E-state index in [2.05, 4.69) is 13.1 Å². The van der Waals surface area contributed by atoms with Crippen molar-refractivity contribution in [2.24, 2.45) is 0 Å². The van der Waals surface area contributed by atoms with Crippen LogP contribution < -0.4 is 0 Å². The molecule has 0 radical (unpaired) electrons. The summed E-state index contributed by atoms with van der Waals surface area (Å²) in [4.78, 5) is 34.7. The van der Waals surface area contributed by atoms with E-state index >= 15 is 0 Å². The lowest BCUT2D eigenvalue weighted by molar-refractivity contribution is -0.240. The van der Waals surface area contributed by atoms with Gasteiger partial charge in [-0.05, 0) is 6.92 Å². The van der Waals surface area contributed by atoms with Crippen molar-refractivity contribution in [2.45, 2.75) is 31.3 Å². The largest absolute Gasteiger partial charge is 0.490 e. The molecule has 0 spiro atoms. The van der Waals surface area contributed by atoms with Gasteiger partial charge in [0.1, 0.15) is 12.7 Å². The summed E-state index contributed by atoms with van der Waals surface area (Å²) in [5, 5.41) is 19.3. The predicted octanol–water partition coefficient (Wildman–Crippen LogP) is -0.812. The van der Waals surface area contributed by atoms with E-state index in [1.807, 2.05) is 0 Å². The maximum atomic E-state index is 11.4. The molecule has 16 heteroatoms. The minimum absolute atomic E-state index is 0.00371. The number of aliphatic hydroxyl groups excluding tert-OH is 1. The SMILES string of the molecule is C[C@H]1CC(O)[C@@](O)(COP(=O)(O)OP(=O)(O)OP(=O)(O)O)O1. The number of aliphatic hydroxyl groups is 2. The summed E-state index contributed by atoms with van der Waals surface area (Å²) in [6, 6.07) is 0. The van der Waals surface area contributed by atoms with Crippen molar-refractivity contribution in [3.05, 3.63) is 0 Å². The normalized spacial score (nSPS) is 35.0. The van der Waals surface area contributed by atoms with Crippen molar-refractivity contribution < 1.29 is 61.4 Å². The summed E-state index contributed by atoms with van der Waals surface area (Å²) in [6.07, 6.45) is -2.06. The standard InChI is InChI=1S/C6H15O13P3/c1-4-2-5(7)6(8,17-4)3-16-21(12,13)19-22(14,15)18-20(9,10)11/h4-5,7-8H,2-3H2,1H3,(H,12,13)(H,14,15)(H2,9,10,11)/t4-,5?,6+/m0/s1. The predicted molar refractivity (Wildman–Crippen MR) is 65.9 cm³/mol. The zero-order chi connectivity index (χ0) is 17.4. The molecule has 1 rings (SSSR count). The highest BCUT2D eigenvalue weighted by Gasteiger charge is 2.48. The van der Waals surface area contributed by atoms with Crippen LogP contribution >= 0.6 is 23.5 Å². The number of phosphoric ester groups is 1. The molecule has 13 nitrogen and oxygen atoms in total. The third-order valence-electron chi connectivity index (χ3n) is 2.33. The smallest absolute Gasteiger partial charge is 0.387 e. The second kappa shape index (κ2) is 6.66. The second-order valence-electron chi connectivity index (χ2n) is 4.39. The second-order valence-corrected chi connectivity index (χ2v) is 8.81. The lowest BCUT2D eigenvalue weighted by Gasteiger charge is -2.26. The Morgan fingerprint density at radius 2 is 1.68 bits per heavy atom. The van der Waals surface area contributed by atoms with E-state index in [9.17, 15) is 28.8 Å². The van der Waals surface area contributed by atoms with Crippen molar-refractivity contribution >= 4 is 23.5 Å². The van der Waals surface area contributed by atoms with Crippen LogP contribution in [0.3, 0.4) is 0 Å². The average Bonchev–Trinajstić information content (AvgIpc) is 2.45. The van der Waals surface area contributed by atoms with Crippen molar-refractivity contribution in [3.63, 3.8) is 0 Å². The molecule has 5 atom stereocenters. The highest BCUT2D eigenvalue weighted by atomic mass is 31.3. The number of phosphoric acid groups is 3. The molecule has 0 aromatic heterocycles. The fourth-order valence-corrected chi connectivity index (χ4v) is 4.62. The maximum Gasteiger partial charge on any atom is 0.490 e. The Labute approximate surface area is 123 Å². The molecule has 6 N–H and O–H groups in total. The Morgan fingerprint density at radius 3 is 2.09 bits per heavy atom. The van der Waals surface area contributed by atoms with Gasteiger partial charge < -0.3 is 34.5 Å². The number of hydrogen-bond donors (Lipinski definition) is 6. The zero-order valence-corrected chi connectivity index (χ0v) is 13.6. The van der Waals surface area contributed by atoms with Gasteiger partial charge in [0.2, 0.25) is 5.79 Å². The molecular formula is C6H15O13P3. The Kier molecular flexibility index (Phi) is 6.15. The average molecular weight is 388 g/mol. The molecular weight excluding hydrogens is 373 g/mol. The van der Waals surface area contributed by atoms with E-state index in [-0.39, 0.29) is 6.42 Å². The lowest BCUT2D eigenvalue weighted by Crippen LogP contribution is -2.43. The van der Waals surface area contributed by atoms with Crippen molar-refractivity contribution in [3.8, 4) is 0 Å². The van der Waals surface area contributed by atoms with Gasteiger partial charge in [0, 0.05) is 6.42 Å². The van der Waals surface area contributed by atoms with Gasteiger partial charge in [0.15, 0.2) is 0 Å². The minimum Gasteiger partial charge on any atom is -0.387 e. The first-order valence-corrected chi connectivity index (χ1v) is 10.0. The zero-order valence-electron chi connectivity index (χ0n) is 11.0. The molecule has 1 aliphatic rings. The van der Waals surface area contributed by atoms with Crippen LogP contribution in [-0.4, -0.2) is 54.4 Å². The third kappa shape index (κ3) is 6.42. The van der Waals surface area contributed by atoms with Crippen LogP contribution in [0.1, 0.15) is 13.3 Å². The number of hydrogen-bond acceptors (Lipinski definition) is 9. The fourth-order valence-electron chi connectivity index (χ4n) is 1.58. The summed E-state index contributed by atoms with van der Waals surface area (Å²) in [5.74, 6) is -2.36. The Bertz CT molecular complexity index is 542. The van der Waals surface area contributed by atoms with E-state index in [1.165, 1.54) is 6.92 Å². The highest BCUT2D eigenvalue weighted by Crippen LogP contribution is 2.66. The molecule has 1 aliphatic heterocycles. The summed E-state index contributed by atoms with van der Waals surface area (Å²) >= 11 is 0. The highest BCUT2D eigenvalue weighted by molar-refractivity contribution is 7.66. The van der Waals surface area contributed by atoms with E-state index < -0.39 is 48.1 Å². The molecule has 0 amide bonds. The fraction of sp³-hybridized carbons (Fsp3) is 1.00. The number of rotatable bonds is 7. The van der Waals surface area contributed by atoms with E-state index in [1.54, 1.807) is 0 Å². The molecule has 3 unspecified atom stereocenters. The van der Waals surface area contributed by atoms with Gasteiger partial charge in [-0.1, -0.05) is 0 Å². The monoisotopic (exact) mass is 388 g/mol. The van der Waals surface area contributed by atoms with Gasteiger partial charge in [0.25, 0.3) is 0 Å². The molecule has 1 fully saturated rings. The van der Waals surface area contributed by atoms with E-state index in [4.69, 9.17) is 19.4 Å². The van der Waals surface area contributed by atoms with Crippen molar-refractivity contribution in [1.29, 1.82) is 0 Å². The molecule has 0 bridgehead atoms. The minimum atomic E-state index is -5.63. The van der Waals surface area contributed by atoms with Crippen molar-refractivity contribution in [2.75, 3.05) is 6.61 Å². The quantitative estimate of drug-likeness (QED) is 0.295. The summed E-state index contributed by atoms with van der Waals surface area (Å²) in [5.41, 5.74) is 0. The molecule has 22 heavy (non-hydrogen) atoms. The van der Waals surface area contributed by atoms with Crippen LogP contribution in [-0.2, 0) is 31.6 Å². The van der Waals surface area contributed by atoms with E-state index in [0.29, 0.717) is 0 Å². The van der Waals surface area contributed by atoms with Gasteiger partial charge in [-0.25, -0.2) is 13.7 Å². The Hall–Kier alpha value is 0.290. The van der Waals surface area contributed by atoms with Gasteiger partial charge in [-0.2, -0.15) is 8.62 Å². The van der Waals surface area contributed by atoms with E-state index in [0.717, 1.165) is 0 Å². The first kappa shape index (κ1) is 20.3. The summed E-state index contributed by atoms with van der Waals surface area (Å²) in [7, 11) is -16.5. The Balaban J connectivity index is 2.67. The lowest BCUT2D eigenvalue weighted by atomic mass is 10.1. The van der Waals surface area contributed by atoms with Crippen LogP contribution in [0.25, 0.3) is 0 Å². The maximum absolute atomic E-state index is 11.4. The van der Waals surface area contributed by atoms with Crippen molar-refractivity contribution in [1.82, 2.24) is 0 Å². The topological polar surface area (TPSA) is 210 Å².